The van der Waals surface area contributed by atoms with E-state index in [1.54, 1.807) is 0 Å². The average Bonchev–Trinajstić information content (AvgIpc) is 2.67. The lowest BCUT2D eigenvalue weighted by Crippen LogP contribution is -2.48. The van der Waals surface area contributed by atoms with E-state index in [1.807, 2.05) is 13.8 Å². The van der Waals surface area contributed by atoms with Crippen molar-refractivity contribution in [3.63, 3.8) is 0 Å². The van der Waals surface area contributed by atoms with Gasteiger partial charge in [0.25, 0.3) is 0 Å². The zero-order chi connectivity index (χ0) is 10.6. The summed E-state index contributed by atoms with van der Waals surface area (Å²) in [5, 5.41) is 3.51. The van der Waals surface area contributed by atoms with Crippen LogP contribution in [0.15, 0.2) is 0 Å². The molecule has 2 heteroatoms. The smallest absolute Gasteiger partial charge is 0.0263 e. The van der Waals surface area contributed by atoms with Crippen LogP contribution < -0.4 is 5.32 Å². The summed E-state index contributed by atoms with van der Waals surface area (Å²) >= 11 is 0. The molecule has 84 valence electrons. The first-order valence-corrected chi connectivity index (χ1v) is 6.25. The number of nitrogens with one attached hydrogen (secondary N) is 1. The Bertz CT molecular complexity index is 156. The molecule has 2 aliphatic rings. The normalized spacial score (nSPS) is 32.4. The summed E-state index contributed by atoms with van der Waals surface area (Å²) in [4.78, 5) is 2.67. The molecule has 2 rings (SSSR count). The van der Waals surface area contributed by atoms with Gasteiger partial charge in [-0.25, -0.2) is 0 Å². The van der Waals surface area contributed by atoms with Crippen LogP contribution in [0, 0.1) is 5.92 Å². The van der Waals surface area contributed by atoms with Crippen molar-refractivity contribution in [3.8, 4) is 0 Å². The topological polar surface area (TPSA) is 15.3 Å². The van der Waals surface area contributed by atoms with Crippen molar-refractivity contribution in [3.05, 3.63) is 0 Å². The molecule has 2 aliphatic heterocycles. The first-order chi connectivity index (χ1) is 6.79. The van der Waals surface area contributed by atoms with Crippen molar-refractivity contribution in [1.29, 1.82) is 0 Å². The van der Waals surface area contributed by atoms with Crippen molar-refractivity contribution >= 4 is 0 Å². The molecule has 2 fully saturated rings. The van der Waals surface area contributed by atoms with Crippen molar-refractivity contribution in [2.75, 3.05) is 19.6 Å². The van der Waals surface area contributed by atoms with Crippen LogP contribution in [-0.2, 0) is 0 Å². The summed E-state index contributed by atoms with van der Waals surface area (Å²) in [6.07, 6.45) is 2.85. The fraction of sp³-hybridized carbons (Fsp3) is 1.00. The number of piperidine rings is 1. The van der Waals surface area contributed by atoms with Crippen molar-refractivity contribution in [2.24, 2.45) is 5.92 Å². The Morgan fingerprint density at radius 1 is 1.21 bits per heavy atom. The maximum Gasteiger partial charge on any atom is 0.0263 e. The molecule has 1 N–H and O–H groups in total. The summed E-state index contributed by atoms with van der Waals surface area (Å²) in [5.74, 6) is 0.946. The van der Waals surface area contributed by atoms with E-state index in [9.17, 15) is 0 Å². The highest BCUT2D eigenvalue weighted by Crippen LogP contribution is 2.27. The van der Waals surface area contributed by atoms with Gasteiger partial charge in [0.2, 0.25) is 0 Å². The Morgan fingerprint density at radius 2 is 1.93 bits per heavy atom. The Balaban J connectivity index is 0.000000461. The molecule has 0 radical (unpaired) electrons. The molecule has 2 atom stereocenters. The number of fused-ring (bicyclic) bond motifs is 1. The van der Waals surface area contributed by atoms with Gasteiger partial charge in [0.1, 0.15) is 0 Å². The Labute approximate surface area is 89.1 Å². The lowest BCUT2D eigenvalue weighted by atomic mass is 9.91. The van der Waals surface area contributed by atoms with E-state index in [4.69, 9.17) is 0 Å². The first kappa shape index (κ1) is 12.0. The largest absolute Gasteiger partial charge is 0.315 e. The minimum absolute atomic E-state index is 0.734. The molecule has 2 unspecified atom stereocenters. The minimum atomic E-state index is 0.734. The summed E-state index contributed by atoms with van der Waals surface area (Å²) in [5.41, 5.74) is 0. The van der Waals surface area contributed by atoms with Crippen LogP contribution in [0.2, 0.25) is 0 Å². The third-order valence-corrected chi connectivity index (χ3v) is 3.38. The molecular formula is C12H26N2. The quantitative estimate of drug-likeness (QED) is 0.694. The van der Waals surface area contributed by atoms with Crippen molar-refractivity contribution < 1.29 is 0 Å². The van der Waals surface area contributed by atoms with Gasteiger partial charge >= 0.3 is 0 Å². The molecule has 0 spiro atoms. The zero-order valence-corrected chi connectivity index (χ0v) is 10.2. The second-order valence-electron chi connectivity index (χ2n) is 4.46. The molecule has 14 heavy (non-hydrogen) atoms. The molecule has 2 heterocycles. The summed E-state index contributed by atoms with van der Waals surface area (Å²) in [6.45, 7) is 12.4. The fourth-order valence-electron chi connectivity index (χ4n) is 2.74. The molecule has 0 aromatic rings. The SMILES string of the molecule is CC.CC(C)N1CCCC2CNCC21. The van der Waals surface area contributed by atoms with Gasteiger partial charge in [-0.05, 0) is 45.7 Å². The Hall–Kier alpha value is -0.0800. The molecule has 0 aliphatic carbocycles. The molecular weight excluding hydrogens is 172 g/mol. The average molecular weight is 198 g/mol. The van der Waals surface area contributed by atoms with E-state index in [0.717, 1.165) is 18.0 Å². The van der Waals surface area contributed by atoms with E-state index in [0.29, 0.717) is 0 Å². The Kier molecular flexibility index (Phi) is 4.90. The highest BCUT2D eigenvalue weighted by molar-refractivity contribution is 4.92. The predicted octanol–water partition coefficient (Wildman–Crippen LogP) is 2.10. The molecule has 0 amide bonds. The van der Waals surface area contributed by atoms with E-state index in [1.165, 1.54) is 32.5 Å². The van der Waals surface area contributed by atoms with Crippen LogP contribution >= 0.6 is 0 Å². The summed E-state index contributed by atoms with van der Waals surface area (Å²) in [7, 11) is 0. The van der Waals surface area contributed by atoms with Gasteiger partial charge in [0.15, 0.2) is 0 Å². The van der Waals surface area contributed by atoms with Crippen LogP contribution in [0.4, 0.5) is 0 Å². The van der Waals surface area contributed by atoms with Gasteiger partial charge < -0.3 is 5.32 Å². The maximum absolute atomic E-state index is 3.51. The van der Waals surface area contributed by atoms with E-state index in [-0.39, 0.29) is 0 Å². The Morgan fingerprint density at radius 3 is 2.57 bits per heavy atom. The number of likely N-dealkylation sites (tertiary alicyclic amines) is 1. The third-order valence-electron chi connectivity index (χ3n) is 3.38. The van der Waals surface area contributed by atoms with Gasteiger partial charge in [-0.1, -0.05) is 13.8 Å². The van der Waals surface area contributed by atoms with Crippen LogP contribution in [0.5, 0.6) is 0 Å². The molecule has 0 saturated carbocycles. The third kappa shape index (κ3) is 2.48. The zero-order valence-electron chi connectivity index (χ0n) is 10.2. The standard InChI is InChI=1S/C10H20N2.C2H6/c1-8(2)12-5-3-4-9-6-11-7-10(9)12;1-2/h8-11H,3-7H2,1-2H3;1-2H3. The predicted molar refractivity (Wildman–Crippen MR) is 62.6 cm³/mol. The number of hydrogen-bond acceptors (Lipinski definition) is 2. The van der Waals surface area contributed by atoms with E-state index >= 15 is 0 Å². The summed E-state index contributed by atoms with van der Waals surface area (Å²) < 4.78 is 0. The number of nitrogens with zero attached hydrogens (tertiary/aromatic N) is 1. The van der Waals surface area contributed by atoms with Crippen LogP contribution in [0.25, 0.3) is 0 Å². The van der Waals surface area contributed by atoms with Gasteiger partial charge in [0.05, 0.1) is 0 Å². The highest BCUT2D eigenvalue weighted by Gasteiger charge is 2.35. The van der Waals surface area contributed by atoms with E-state index < -0.39 is 0 Å². The van der Waals surface area contributed by atoms with Crippen molar-refractivity contribution in [1.82, 2.24) is 10.2 Å². The molecule has 0 bridgehead atoms. The van der Waals surface area contributed by atoms with Crippen LogP contribution in [-0.4, -0.2) is 36.6 Å². The summed E-state index contributed by atoms with van der Waals surface area (Å²) in [6, 6.07) is 1.58. The molecule has 2 nitrogen and oxygen atoms in total. The maximum atomic E-state index is 3.51. The number of hydrogen-bond donors (Lipinski definition) is 1. The lowest BCUT2D eigenvalue weighted by molar-refractivity contribution is 0.0927. The first-order valence-electron chi connectivity index (χ1n) is 6.25. The second-order valence-corrected chi connectivity index (χ2v) is 4.46. The molecule has 0 aromatic carbocycles. The minimum Gasteiger partial charge on any atom is -0.315 e. The monoisotopic (exact) mass is 198 g/mol. The molecule has 2 saturated heterocycles. The van der Waals surface area contributed by atoms with E-state index in [2.05, 4.69) is 24.1 Å². The second kappa shape index (κ2) is 5.72. The van der Waals surface area contributed by atoms with Crippen molar-refractivity contribution in [2.45, 2.75) is 52.6 Å². The van der Waals surface area contributed by atoms with Crippen LogP contribution in [0.1, 0.15) is 40.5 Å². The lowest BCUT2D eigenvalue weighted by Gasteiger charge is -2.39. The van der Waals surface area contributed by atoms with Gasteiger partial charge in [-0.15, -0.1) is 0 Å². The fourth-order valence-corrected chi connectivity index (χ4v) is 2.74. The van der Waals surface area contributed by atoms with Gasteiger partial charge in [-0.3, -0.25) is 4.90 Å². The number of rotatable bonds is 1. The van der Waals surface area contributed by atoms with Gasteiger partial charge in [-0.2, -0.15) is 0 Å². The highest BCUT2D eigenvalue weighted by atomic mass is 15.2. The van der Waals surface area contributed by atoms with Gasteiger partial charge in [0, 0.05) is 18.6 Å². The molecule has 0 aromatic heterocycles. The van der Waals surface area contributed by atoms with Crippen LogP contribution in [0.3, 0.4) is 0 Å².